The largest absolute Gasteiger partial charge is 0.496 e. The lowest BCUT2D eigenvalue weighted by Crippen LogP contribution is -2.10. The molecule has 0 bridgehead atoms. The number of carbonyl (C=O) groups excluding carboxylic acids is 1. The Kier molecular flexibility index (Phi) is 4.43. The second-order valence-corrected chi connectivity index (χ2v) is 4.06. The molecule has 1 aromatic carbocycles. The molecule has 0 amide bonds. The zero-order valence-electron chi connectivity index (χ0n) is 8.57. The third kappa shape index (κ3) is 3.13. The number of benzene rings is 1. The summed E-state index contributed by atoms with van der Waals surface area (Å²) in [5.74, 6) is -0.840. The van der Waals surface area contributed by atoms with E-state index in [0.717, 1.165) is 19.2 Å². The maximum Gasteiger partial charge on any atom is 0.421 e. The molecule has 0 aliphatic rings. The normalized spacial score (nSPS) is 11.4. The first-order chi connectivity index (χ1) is 7.81. The van der Waals surface area contributed by atoms with Gasteiger partial charge in [-0.05, 0) is 12.1 Å². The van der Waals surface area contributed by atoms with Gasteiger partial charge >= 0.3 is 6.18 Å². The molecule has 0 saturated heterocycles. The van der Waals surface area contributed by atoms with E-state index < -0.39 is 22.5 Å². The number of ether oxygens (including phenoxy) is 1. The van der Waals surface area contributed by atoms with E-state index in [2.05, 4.69) is 20.7 Å². The summed E-state index contributed by atoms with van der Waals surface area (Å²) in [5.41, 5.74) is -1.01. The molecule has 2 nitrogen and oxygen atoms in total. The first-order valence-corrected chi connectivity index (χ1v) is 5.85. The van der Waals surface area contributed by atoms with Gasteiger partial charge in [0.1, 0.15) is 11.3 Å². The van der Waals surface area contributed by atoms with Crippen molar-refractivity contribution in [3.8, 4) is 5.75 Å². The topological polar surface area (TPSA) is 26.3 Å². The van der Waals surface area contributed by atoms with Crippen molar-refractivity contribution in [3.63, 3.8) is 0 Å². The minimum Gasteiger partial charge on any atom is -0.496 e. The Hall–Kier alpha value is -0.750. The highest BCUT2D eigenvalue weighted by atomic mass is 79.9. The maximum atomic E-state index is 12.7. The Morgan fingerprint density at radius 2 is 2.06 bits per heavy atom. The van der Waals surface area contributed by atoms with Crippen molar-refractivity contribution in [1.29, 1.82) is 0 Å². The lowest BCUT2D eigenvalue weighted by molar-refractivity contribution is -0.138. The van der Waals surface area contributed by atoms with Gasteiger partial charge in [0.2, 0.25) is 0 Å². The molecule has 0 radical (unpaired) electrons. The van der Waals surface area contributed by atoms with Crippen molar-refractivity contribution < 1.29 is 22.7 Å². The highest BCUT2D eigenvalue weighted by Gasteiger charge is 2.37. The van der Waals surface area contributed by atoms with E-state index in [1.165, 1.54) is 0 Å². The number of hydrogen-bond acceptors (Lipinski definition) is 2. The van der Waals surface area contributed by atoms with Gasteiger partial charge in [0, 0.05) is 5.56 Å². The molecule has 0 spiro atoms. The van der Waals surface area contributed by atoms with E-state index in [4.69, 9.17) is 11.6 Å². The Bertz CT molecular complexity index is 446. The molecule has 0 heterocycles. The molecule has 0 aromatic heterocycles. The smallest absolute Gasteiger partial charge is 0.421 e. The Morgan fingerprint density at radius 3 is 2.47 bits per heavy atom. The van der Waals surface area contributed by atoms with Crippen LogP contribution >= 0.6 is 27.5 Å². The van der Waals surface area contributed by atoms with Gasteiger partial charge in [-0.2, -0.15) is 13.2 Å². The van der Waals surface area contributed by atoms with Gasteiger partial charge < -0.3 is 4.74 Å². The number of carbonyl (C=O) groups is 1. The summed E-state index contributed by atoms with van der Waals surface area (Å²) in [6.45, 7) is 0. The van der Waals surface area contributed by atoms with Crippen LogP contribution in [0.25, 0.3) is 0 Å². The number of hydrogen-bond donors (Lipinski definition) is 0. The fourth-order valence-corrected chi connectivity index (χ4v) is 1.90. The van der Waals surface area contributed by atoms with Crippen LogP contribution in [0.4, 0.5) is 13.2 Å². The summed E-state index contributed by atoms with van der Waals surface area (Å²) in [6.07, 6.45) is -4.63. The predicted octanol–water partition coefficient (Wildman–Crippen LogP) is 3.95. The van der Waals surface area contributed by atoms with Gasteiger partial charge in [0.25, 0.3) is 0 Å². The average Bonchev–Trinajstić information content (AvgIpc) is 2.24. The van der Waals surface area contributed by atoms with E-state index in [0.29, 0.717) is 0 Å². The molecular formula is C10H7BrClF3O2. The van der Waals surface area contributed by atoms with Crippen LogP contribution in [0.3, 0.4) is 0 Å². The fraction of sp³-hybridized carbons (Fsp3) is 0.300. The quantitative estimate of drug-likeness (QED) is 0.619. The third-order valence-corrected chi connectivity index (χ3v) is 2.81. The van der Waals surface area contributed by atoms with Crippen LogP contribution < -0.4 is 4.74 Å². The monoisotopic (exact) mass is 330 g/mol. The molecule has 94 valence electrons. The van der Waals surface area contributed by atoms with Crippen LogP contribution in [0.2, 0.25) is 5.02 Å². The van der Waals surface area contributed by atoms with E-state index >= 15 is 0 Å². The summed E-state index contributed by atoms with van der Waals surface area (Å²) < 4.78 is 42.6. The molecule has 17 heavy (non-hydrogen) atoms. The molecule has 7 heteroatoms. The maximum absolute atomic E-state index is 12.7. The van der Waals surface area contributed by atoms with Crippen LogP contribution in [0.1, 0.15) is 15.9 Å². The minimum atomic E-state index is -4.63. The first kappa shape index (κ1) is 14.3. The van der Waals surface area contributed by atoms with Crippen molar-refractivity contribution in [2.45, 2.75) is 6.18 Å². The van der Waals surface area contributed by atoms with Crippen molar-refractivity contribution in [3.05, 3.63) is 28.3 Å². The molecule has 0 atom stereocenters. The van der Waals surface area contributed by atoms with Crippen molar-refractivity contribution >= 4 is 33.3 Å². The average molecular weight is 332 g/mol. The minimum absolute atomic E-state index is 0.00214. The molecule has 0 fully saturated rings. The highest BCUT2D eigenvalue weighted by molar-refractivity contribution is 9.09. The van der Waals surface area contributed by atoms with Gasteiger partial charge in [0.15, 0.2) is 5.78 Å². The summed E-state index contributed by atoms with van der Waals surface area (Å²) in [5, 5.41) is -0.557. The van der Waals surface area contributed by atoms with Gasteiger partial charge in [-0.1, -0.05) is 27.5 Å². The lowest BCUT2D eigenvalue weighted by Gasteiger charge is -2.14. The summed E-state index contributed by atoms with van der Waals surface area (Å²) in [4.78, 5) is 11.4. The van der Waals surface area contributed by atoms with Gasteiger partial charge in [-0.25, -0.2) is 0 Å². The molecular weight excluding hydrogens is 324 g/mol. The Morgan fingerprint density at radius 1 is 1.47 bits per heavy atom. The summed E-state index contributed by atoms with van der Waals surface area (Å²) in [6, 6.07) is 2.01. The fourth-order valence-electron chi connectivity index (χ4n) is 1.26. The van der Waals surface area contributed by atoms with E-state index in [1.54, 1.807) is 0 Å². The first-order valence-electron chi connectivity index (χ1n) is 4.35. The predicted molar refractivity (Wildman–Crippen MR) is 61.1 cm³/mol. The number of methoxy groups -OCH3 is 1. The van der Waals surface area contributed by atoms with Crippen molar-refractivity contribution in [2.24, 2.45) is 0 Å². The summed E-state index contributed by atoms with van der Waals surface area (Å²) >= 11 is 8.46. The molecule has 0 unspecified atom stereocenters. The number of halogens is 5. The molecule has 0 aliphatic heterocycles. The highest BCUT2D eigenvalue weighted by Crippen LogP contribution is 2.41. The van der Waals surface area contributed by atoms with E-state index in [1.807, 2.05) is 0 Å². The van der Waals surface area contributed by atoms with Crippen molar-refractivity contribution in [1.82, 2.24) is 0 Å². The molecule has 0 N–H and O–H groups in total. The van der Waals surface area contributed by atoms with E-state index in [-0.39, 0.29) is 16.7 Å². The zero-order chi connectivity index (χ0) is 13.2. The van der Waals surface area contributed by atoms with Gasteiger partial charge in [-0.15, -0.1) is 0 Å². The standard InChI is InChI=1S/C10H7BrClF3O2/c1-17-8-3-5(7(16)4-11)2-6(12)9(8)10(13,14)15/h2-3H,4H2,1H3. The second kappa shape index (κ2) is 5.27. The van der Waals surface area contributed by atoms with Crippen LogP contribution in [-0.2, 0) is 6.18 Å². The number of ketones is 1. The van der Waals surface area contributed by atoms with Crippen LogP contribution in [0.5, 0.6) is 5.75 Å². The molecule has 1 aromatic rings. The zero-order valence-corrected chi connectivity index (χ0v) is 10.9. The van der Waals surface area contributed by atoms with E-state index in [9.17, 15) is 18.0 Å². The van der Waals surface area contributed by atoms with Crippen LogP contribution in [0, 0.1) is 0 Å². The number of Topliss-reactive ketones (excluding diaryl/α,β-unsaturated/α-hetero) is 1. The SMILES string of the molecule is COc1cc(C(=O)CBr)cc(Cl)c1C(F)(F)F. The molecule has 0 saturated carbocycles. The summed E-state index contributed by atoms with van der Waals surface area (Å²) in [7, 11) is 1.09. The van der Waals surface area contributed by atoms with Crippen LogP contribution in [0.15, 0.2) is 12.1 Å². The van der Waals surface area contributed by atoms with Crippen LogP contribution in [-0.4, -0.2) is 18.2 Å². The molecule has 0 aliphatic carbocycles. The number of alkyl halides is 4. The number of rotatable bonds is 3. The second-order valence-electron chi connectivity index (χ2n) is 3.09. The van der Waals surface area contributed by atoms with Gasteiger partial charge in [0.05, 0.1) is 17.5 Å². The van der Waals surface area contributed by atoms with Crippen molar-refractivity contribution in [2.75, 3.05) is 12.4 Å². The Balaban J connectivity index is 3.41. The molecule has 1 rings (SSSR count). The van der Waals surface area contributed by atoms with Gasteiger partial charge in [-0.3, -0.25) is 4.79 Å². The lowest BCUT2D eigenvalue weighted by atomic mass is 10.1. The third-order valence-electron chi connectivity index (χ3n) is 2.00. The Labute approximate surface area is 109 Å².